The molecule has 0 aromatic carbocycles. The SMILES string of the molecule is COCCCn1nccc1[C@H]1OCC[C@@H]1C(=O)Nc1ccc(N2CCCC2)nc1C. The van der Waals surface area contributed by atoms with E-state index in [0.717, 1.165) is 48.9 Å². The Labute approximate surface area is 177 Å². The highest BCUT2D eigenvalue weighted by molar-refractivity contribution is 5.93. The number of nitrogens with one attached hydrogen (secondary N) is 1. The zero-order chi connectivity index (χ0) is 20.9. The maximum absolute atomic E-state index is 13.1. The molecule has 162 valence electrons. The van der Waals surface area contributed by atoms with Gasteiger partial charge in [-0.05, 0) is 50.8 Å². The molecule has 8 heteroatoms. The second kappa shape index (κ2) is 9.57. The molecular weight excluding hydrogens is 382 g/mol. The molecule has 4 heterocycles. The molecule has 4 rings (SSSR count). The van der Waals surface area contributed by atoms with Gasteiger partial charge in [0.05, 0.1) is 23.0 Å². The van der Waals surface area contributed by atoms with Crippen LogP contribution < -0.4 is 10.2 Å². The van der Waals surface area contributed by atoms with Crippen molar-refractivity contribution in [3.05, 3.63) is 35.8 Å². The van der Waals surface area contributed by atoms with Crippen molar-refractivity contribution in [2.75, 3.05) is 43.6 Å². The lowest BCUT2D eigenvalue weighted by molar-refractivity contribution is -0.121. The Morgan fingerprint density at radius 2 is 2.13 bits per heavy atom. The van der Waals surface area contributed by atoms with Crippen LogP contribution in [0.15, 0.2) is 24.4 Å². The third-order valence-electron chi connectivity index (χ3n) is 5.95. The molecule has 2 aromatic rings. The van der Waals surface area contributed by atoms with E-state index in [1.165, 1.54) is 12.8 Å². The van der Waals surface area contributed by atoms with Gasteiger partial charge in [0.1, 0.15) is 11.9 Å². The summed E-state index contributed by atoms with van der Waals surface area (Å²) in [5.74, 6) is 0.714. The van der Waals surface area contributed by atoms with E-state index in [4.69, 9.17) is 14.5 Å². The zero-order valence-corrected chi connectivity index (χ0v) is 17.8. The molecular formula is C22H31N5O3. The number of amides is 1. The van der Waals surface area contributed by atoms with E-state index in [-0.39, 0.29) is 17.9 Å². The number of carbonyl (C=O) groups excluding carboxylic acids is 1. The molecule has 0 radical (unpaired) electrons. The largest absolute Gasteiger partial charge is 0.385 e. The van der Waals surface area contributed by atoms with Crippen LogP contribution in [0.2, 0.25) is 0 Å². The van der Waals surface area contributed by atoms with Crippen molar-refractivity contribution in [2.45, 2.75) is 45.3 Å². The number of ether oxygens (including phenoxy) is 2. The van der Waals surface area contributed by atoms with Crippen LogP contribution >= 0.6 is 0 Å². The molecule has 0 unspecified atom stereocenters. The molecule has 8 nitrogen and oxygen atoms in total. The van der Waals surface area contributed by atoms with Crippen LogP contribution in [0.25, 0.3) is 0 Å². The summed E-state index contributed by atoms with van der Waals surface area (Å²) >= 11 is 0. The second-order valence-electron chi connectivity index (χ2n) is 8.00. The molecule has 30 heavy (non-hydrogen) atoms. The van der Waals surface area contributed by atoms with Crippen LogP contribution in [0.4, 0.5) is 11.5 Å². The highest BCUT2D eigenvalue weighted by Gasteiger charge is 2.37. The Balaban J connectivity index is 1.44. The fourth-order valence-corrected chi connectivity index (χ4v) is 4.31. The number of aryl methyl sites for hydroxylation is 2. The monoisotopic (exact) mass is 413 g/mol. The fourth-order valence-electron chi connectivity index (χ4n) is 4.31. The summed E-state index contributed by atoms with van der Waals surface area (Å²) in [6.45, 7) is 6.04. The lowest BCUT2D eigenvalue weighted by Crippen LogP contribution is -2.27. The van der Waals surface area contributed by atoms with Gasteiger partial charge in [0.2, 0.25) is 5.91 Å². The summed E-state index contributed by atoms with van der Waals surface area (Å²) in [6, 6.07) is 5.91. The first kappa shape index (κ1) is 20.8. The Bertz CT molecular complexity index is 862. The van der Waals surface area contributed by atoms with Gasteiger partial charge in [-0.3, -0.25) is 9.48 Å². The van der Waals surface area contributed by atoms with Crippen molar-refractivity contribution >= 4 is 17.4 Å². The topological polar surface area (TPSA) is 81.5 Å². The van der Waals surface area contributed by atoms with Crippen LogP contribution in [-0.2, 0) is 20.8 Å². The Morgan fingerprint density at radius 1 is 1.30 bits per heavy atom. The standard InChI is InChI=1S/C22H31N5O3/c1-16-18(6-7-20(24-16)26-11-3-4-12-26)25-22(28)17-9-15-30-21(17)19-8-10-23-27(19)13-5-14-29-2/h6-8,10,17,21H,3-5,9,11-15H2,1-2H3,(H,25,28)/t17-,21-/m0/s1. The van der Waals surface area contributed by atoms with Gasteiger partial charge in [0, 0.05) is 46.2 Å². The van der Waals surface area contributed by atoms with Crippen molar-refractivity contribution in [1.29, 1.82) is 0 Å². The van der Waals surface area contributed by atoms with Crippen molar-refractivity contribution in [3.8, 4) is 0 Å². The minimum atomic E-state index is -0.285. The average Bonchev–Trinajstić information content (AvgIpc) is 3.50. The molecule has 1 N–H and O–H groups in total. The van der Waals surface area contributed by atoms with E-state index in [2.05, 4.69) is 15.3 Å². The third-order valence-corrected chi connectivity index (χ3v) is 5.95. The highest BCUT2D eigenvalue weighted by Crippen LogP contribution is 2.35. The number of methoxy groups -OCH3 is 1. The fraction of sp³-hybridized carbons (Fsp3) is 0.591. The van der Waals surface area contributed by atoms with Crippen LogP contribution in [-0.4, -0.2) is 54.1 Å². The summed E-state index contributed by atoms with van der Waals surface area (Å²) in [5, 5.41) is 7.49. The van der Waals surface area contributed by atoms with Crippen LogP contribution in [0.1, 0.15) is 43.2 Å². The Morgan fingerprint density at radius 3 is 2.90 bits per heavy atom. The lowest BCUT2D eigenvalue weighted by Gasteiger charge is -2.21. The number of nitrogens with zero attached hydrogens (tertiary/aromatic N) is 4. The number of pyridine rings is 1. The van der Waals surface area contributed by atoms with Crippen LogP contribution in [0.3, 0.4) is 0 Å². The molecule has 2 aliphatic rings. The summed E-state index contributed by atoms with van der Waals surface area (Å²) in [7, 11) is 1.69. The highest BCUT2D eigenvalue weighted by atomic mass is 16.5. The lowest BCUT2D eigenvalue weighted by atomic mass is 9.97. The number of anilines is 2. The average molecular weight is 414 g/mol. The molecule has 0 aliphatic carbocycles. The Kier molecular flexibility index (Phi) is 6.64. The number of carbonyl (C=O) groups is 1. The van der Waals surface area contributed by atoms with Gasteiger partial charge in [0.25, 0.3) is 0 Å². The quantitative estimate of drug-likeness (QED) is 0.670. The predicted octanol–water partition coefficient (Wildman–Crippen LogP) is 2.94. The van der Waals surface area contributed by atoms with Crippen molar-refractivity contribution in [2.24, 2.45) is 5.92 Å². The summed E-state index contributed by atoms with van der Waals surface area (Å²) in [6.07, 6.45) is 5.46. The van der Waals surface area contributed by atoms with E-state index in [9.17, 15) is 4.79 Å². The van der Waals surface area contributed by atoms with Crippen LogP contribution in [0, 0.1) is 12.8 Å². The maximum Gasteiger partial charge on any atom is 0.230 e. The maximum atomic E-state index is 13.1. The predicted molar refractivity (Wildman–Crippen MR) is 115 cm³/mol. The minimum Gasteiger partial charge on any atom is -0.385 e. The first-order chi connectivity index (χ1) is 14.7. The number of aromatic nitrogens is 3. The normalized spacial score (nSPS) is 21.3. The molecule has 2 saturated heterocycles. The first-order valence-electron chi connectivity index (χ1n) is 10.8. The first-order valence-corrected chi connectivity index (χ1v) is 10.8. The molecule has 0 saturated carbocycles. The van der Waals surface area contributed by atoms with Crippen LogP contribution in [0.5, 0.6) is 0 Å². The Hall–Kier alpha value is -2.45. The van der Waals surface area contributed by atoms with E-state index < -0.39 is 0 Å². The molecule has 2 atom stereocenters. The molecule has 2 aliphatic heterocycles. The van der Waals surface area contributed by atoms with Gasteiger partial charge >= 0.3 is 0 Å². The number of hydrogen-bond acceptors (Lipinski definition) is 6. The number of hydrogen-bond donors (Lipinski definition) is 1. The summed E-state index contributed by atoms with van der Waals surface area (Å²) < 4.78 is 13.0. The van der Waals surface area contributed by atoms with E-state index in [1.807, 2.05) is 29.8 Å². The van der Waals surface area contributed by atoms with Crippen molar-refractivity contribution in [3.63, 3.8) is 0 Å². The van der Waals surface area contributed by atoms with Gasteiger partial charge < -0.3 is 19.7 Å². The molecule has 0 bridgehead atoms. The molecule has 0 spiro atoms. The zero-order valence-electron chi connectivity index (χ0n) is 17.8. The third kappa shape index (κ3) is 4.49. The minimum absolute atomic E-state index is 0.0269. The van der Waals surface area contributed by atoms with E-state index >= 15 is 0 Å². The molecule has 1 amide bonds. The second-order valence-corrected chi connectivity index (χ2v) is 8.00. The van der Waals surface area contributed by atoms with Crippen molar-refractivity contribution in [1.82, 2.24) is 14.8 Å². The van der Waals surface area contributed by atoms with Gasteiger partial charge in [-0.15, -0.1) is 0 Å². The van der Waals surface area contributed by atoms with E-state index in [1.54, 1.807) is 13.3 Å². The smallest absolute Gasteiger partial charge is 0.230 e. The van der Waals surface area contributed by atoms with Crippen molar-refractivity contribution < 1.29 is 14.3 Å². The number of rotatable bonds is 8. The van der Waals surface area contributed by atoms with E-state index in [0.29, 0.717) is 19.6 Å². The summed E-state index contributed by atoms with van der Waals surface area (Å²) in [5.41, 5.74) is 2.55. The van der Waals surface area contributed by atoms with Gasteiger partial charge in [-0.2, -0.15) is 5.10 Å². The van der Waals surface area contributed by atoms with Gasteiger partial charge in [-0.1, -0.05) is 0 Å². The summed E-state index contributed by atoms with van der Waals surface area (Å²) in [4.78, 5) is 20.1. The molecule has 2 fully saturated rings. The van der Waals surface area contributed by atoms with Gasteiger partial charge in [-0.25, -0.2) is 4.98 Å². The molecule has 2 aromatic heterocycles. The van der Waals surface area contributed by atoms with Gasteiger partial charge in [0.15, 0.2) is 0 Å².